The Morgan fingerprint density at radius 2 is 1.52 bits per heavy atom. The largest absolute Gasteiger partial charge is 0.500 e. The van der Waals surface area contributed by atoms with Crippen molar-refractivity contribution in [2.75, 3.05) is 0 Å². The van der Waals surface area contributed by atoms with Gasteiger partial charge in [-0.05, 0) is 47.5 Å². The Balaban J connectivity index is 0.000000220. The Bertz CT molecular complexity index is 2410. The second-order valence-electron chi connectivity index (χ2n) is 10.4. The Morgan fingerprint density at radius 3 is 2.35 bits per heavy atom. The van der Waals surface area contributed by atoms with Gasteiger partial charge in [0.2, 0.25) is 0 Å². The third-order valence-corrected chi connectivity index (χ3v) is 7.64. The van der Waals surface area contributed by atoms with Gasteiger partial charge in [0.1, 0.15) is 5.58 Å². The van der Waals surface area contributed by atoms with Crippen molar-refractivity contribution in [2.24, 2.45) is 0 Å². The number of furan rings is 1. The number of para-hydroxylation sites is 3. The van der Waals surface area contributed by atoms with Crippen molar-refractivity contribution in [3.05, 3.63) is 158 Å². The molecule has 7 heteroatoms. The van der Waals surface area contributed by atoms with Gasteiger partial charge in [-0.3, -0.25) is 9.37 Å². The maximum atomic E-state index is 14.9. The Hall–Kier alpha value is -5.49. The Morgan fingerprint density at radius 1 is 0.739 bits per heavy atom. The van der Waals surface area contributed by atoms with Gasteiger partial charge in [0.15, 0.2) is 5.65 Å². The van der Waals surface area contributed by atoms with Crippen molar-refractivity contribution in [1.29, 1.82) is 0 Å². The first-order chi connectivity index (χ1) is 22.2. The van der Waals surface area contributed by atoms with Gasteiger partial charge in [0.25, 0.3) is 0 Å². The SMILES string of the molecule is Fc1c[c-]c(-c2nc3nc4ccccc4cc3n2-c2ccccc2)c2oc3ccccc3c12.[Ir].[c-]1ccccc1-c1ccccn1. The van der Waals surface area contributed by atoms with Crippen LogP contribution in [0.4, 0.5) is 4.39 Å². The fourth-order valence-corrected chi connectivity index (χ4v) is 5.58. The van der Waals surface area contributed by atoms with E-state index in [1.54, 1.807) is 6.20 Å². The number of aromatic nitrogens is 4. The summed E-state index contributed by atoms with van der Waals surface area (Å²) in [4.78, 5) is 13.9. The topological polar surface area (TPSA) is 56.7 Å². The molecule has 0 bridgehead atoms. The van der Waals surface area contributed by atoms with Gasteiger partial charge in [0.05, 0.1) is 22.4 Å². The summed E-state index contributed by atoms with van der Waals surface area (Å²) in [7, 11) is 0. The zero-order chi connectivity index (χ0) is 30.2. The number of benzene rings is 5. The predicted octanol–water partition coefficient (Wildman–Crippen LogP) is 9.63. The van der Waals surface area contributed by atoms with E-state index in [1.165, 1.54) is 6.07 Å². The average molecular weight is 775 g/mol. The van der Waals surface area contributed by atoms with Crippen LogP contribution in [0.5, 0.6) is 0 Å². The van der Waals surface area contributed by atoms with Crippen LogP contribution in [-0.4, -0.2) is 19.5 Å². The standard InChI is InChI=1S/C28H15FN3O.C11H8N.Ir/c29-21-15-14-20(26-25(21)19-11-5-7-13-24(19)33-26)28-31-27-23(32(28)18-9-2-1-3-10-18)16-17-8-4-6-12-22(17)30-27;1-2-6-10(7-3-1)11-8-4-5-9-12-11;/h1-13,15-16H;1-6,8-9H;/q2*-1;. The molecule has 0 N–H and O–H groups in total. The van der Waals surface area contributed by atoms with E-state index < -0.39 is 0 Å². The fourth-order valence-electron chi connectivity index (χ4n) is 5.58. The molecule has 0 aliphatic heterocycles. The van der Waals surface area contributed by atoms with Crippen molar-refractivity contribution in [2.45, 2.75) is 0 Å². The van der Waals surface area contributed by atoms with E-state index in [0.717, 1.165) is 38.8 Å². The van der Waals surface area contributed by atoms with E-state index in [-0.39, 0.29) is 25.9 Å². The maximum Gasteiger partial charge on any atom is 0.168 e. The van der Waals surface area contributed by atoms with Crippen LogP contribution in [-0.2, 0) is 20.1 Å². The van der Waals surface area contributed by atoms with E-state index in [1.807, 2.05) is 126 Å². The first kappa shape index (κ1) is 29.2. The van der Waals surface area contributed by atoms with E-state index in [2.05, 4.69) is 23.2 Å². The molecule has 0 amide bonds. The van der Waals surface area contributed by atoms with Crippen molar-refractivity contribution in [3.63, 3.8) is 0 Å². The van der Waals surface area contributed by atoms with E-state index in [0.29, 0.717) is 33.6 Å². The molecular formula is C39H23FIrN4O-2. The molecule has 0 aliphatic carbocycles. The molecule has 0 aliphatic rings. The second kappa shape index (κ2) is 12.5. The van der Waals surface area contributed by atoms with Gasteiger partial charge in [0, 0.05) is 48.6 Å². The van der Waals surface area contributed by atoms with Crippen LogP contribution in [0, 0.1) is 17.9 Å². The fraction of sp³-hybridized carbons (Fsp3) is 0. The summed E-state index contributed by atoms with van der Waals surface area (Å²) in [6.07, 6.45) is 1.79. The summed E-state index contributed by atoms with van der Waals surface area (Å²) in [6, 6.07) is 48.7. The molecule has 9 aromatic rings. The summed E-state index contributed by atoms with van der Waals surface area (Å²) in [5.74, 6) is 0.230. The number of nitrogens with zero attached hydrogens (tertiary/aromatic N) is 4. The molecule has 0 saturated heterocycles. The number of pyridine rings is 2. The summed E-state index contributed by atoms with van der Waals surface area (Å²) in [6.45, 7) is 0. The predicted molar refractivity (Wildman–Crippen MR) is 176 cm³/mol. The molecule has 0 spiro atoms. The summed E-state index contributed by atoms with van der Waals surface area (Å²) in [5, 5.41) is 2.18. The molecule has 0 atom stereocenters. The number of fused-ring (bicyclic) bond motifs is 5. The van der Waals surface area contributed by atoms with Crippen LogP contribution < -0.4 is 0 Å². The molecule has 1 radical (unpaired) electrons. The minimum Gasteiger partial charge on any atom is -0.500 e. The number of halogens is 1. The van der Waals surface area contributed by atoms with Gasteiger partial charge >= 0.3 is 0 Å². The quantitative estimate of drug-likeness (QED) is 0.168. The number of hydrogen-bond acceptors (Lipinski definition) is 4. The summed E-state index contributed by atoms with van der Waals surface area (Å²) >= 11 is 0. The summed E-state index contributed by atoms with van der Waals surface area (Å²) in [5.41, 5.74) is 6.91. The van der Waals surface area contributed by atoms with Gasteiger partial charge in [-0.25, -0.2) is 4.98 Å². The maximum absolute atomic E-state index is 14.9. The van der Waals surface area contributed by atoms with Crippen molar-refractivity contribution >= 4 is 44.0 Å². The van der Waals surface area contributed by atoms with Gasteiger partial charge in [-0.1, -0.05) is 72.3 Å². The van der Waals surface area contributed by atoms with Crippen molar-refractivity contribution in [1.82, 2.24) is 19.5 Å². The molecule has 46 heavy (non-hydrogen) atoms. The number of rotatable bonds is 3. The Labute approximate surface area is 277 Å². The van der Waals surface area contributed by atoms with Gasteiger partial charge < -0.3 is 14.0 Å². The first-order valence-corrected chi connectivity index (χ1v) is 14.5. The molecule has 223 valence electrons. The minimum absolute atomic E-state index is 0. The second-order valence-corrected chi connectivity index (χ2v) is 10.4. The van der Waals surface area contributed by atoms with Gasteiger partial charge in [-0.2, -0.15) is 0 Å². The van der Waals surface area contributed by atoms with Gasteiger partial charge in [-0.15, -0.1) is 48.0 Å². The molecule has 9 rings (SSSR count). The molecule has 4 heterocycles. The molecule has 5 nitrogen and oxygen atoms in total. The smallest absolute Gasteiger partial charge is 0.168 e. The van der Waals surface area contributed by atoms with Crippen LogP contribution in [0.1, 0.15) is 0 Å². The van der Waals surface area contributed by atoms with Crippen LogP contribution in [0.25, 0.3) is 72.3 Å². The summed E-state index contributed by atoms with van der Waals surface area (Å²) < 4.78 is 23.1. The average Bonchev–Trinajstić information content (AvgIpc) is 3.68. The molecule has 0 saturated carbocycles. The van der Waals surface area contributed by atoms with E-state index in [9.17, 15) is 4.39 Å². The molecule has 5 aromatic carbocycles. The van der Waals surface area contributed by atoms with Crippen LogP contribution >= 0.6 is 0 Å². The molecule has 4 aromatic heterocycles. The number of hydrogen-bond donors (Lipinski definition) is 0. The van der Waals surface area contributed by atoms with Crippen molar-refractivity contribution in [3.8, 4) is 28.3 Å². The van der Waals surface area contributed by atoms with E-state index >= 15 is 0 Å². The van der Waals surface area contributed by atoms with Crippen LogP contribution in [0.15, 0.2) is 144 Å². The normalized spacial score (nSPS) is 11.0. The minimum atomic E-state index is -0.370. The zero-order valence-electron chi connectivity index (χ0n) is 24.2. The van der Waals surface area contributed by atoms with E-state index in [4.69, 9.17) is 14.4 Å². The van der Waals surface area contributed by atoms with Crippen LogP contribution in [0.3, 0.4) is 0 Å². The third-order valence-electron chi connectivity index (χ3n) is 7.64. The first-order valence-electron chi connectivity index (χ1n) is 14.5. The number of imidazole rings is 1. The molecule has 0 fully saturated rings. The van der Waals surface area contributed by atoms with Crippen molar-refractivity contribution < 1.29 is 28.9 Å². The molecule has 0 unspecified atom stereocenters. The Kier molecular flexibility index (Phi) is 7.93. The molecular weight excluding hydrogens is 752 g/mol. The van der Waals surface area contributed by atoms with Crippen LogP contribution in [0.2, 0.25) is 0 Å². The zero-order valence-corrected chi connectivity index (χ0v) is 26.6. The monoisotopic (exact) mass is 775 g/mol. The third kappa shape index (κ3) is 5.26.